The first-order chi connectivity index (χ1) is 9.61. The van der Waals surface area contributed by atoms with E-state index < -0.39 is 16.4 Å². The maximum Gasteiger partial charge on any atom is 0.313 e. The Morgan fingerprint density at radius 2 is 2.35 bits per heavy atom. The van der Waals surface area contributed by atoms with E-state index in [9.17, 15) is 14.5 Å². The number of halogens is 1. The van der Waals surface area contributed by atoms with Crippen molar-refractivity contribution in [3.05, 3.63) is 44.6 Å². The van der Waals surface area contributed by atoms with Gasteiger partial charge in [-0.25, -0.2) is 9.37 Å². The highest BCUT2D eigenvalue weighted by atomic mass is 32.1. The zero-order chi connectivity index (χ0) is 14.5. The molecule has 2 rings (SSSR count). The van der Waals surface area contributed by atoms with Gasteiger partial charge in [-0.1, -0.05) is 0 Å². The molecule has 106 valence electrons. The molecule has 0 aliphatic heterocycles. The molecule has 0 radical (unpaired) electrons. The Kier molecular flexibility index (Phi) is 4.46. The first-order valence-corrected chi connectivity index (χ1v) is 6.69. The predicted molar refractivity (Wildman–Crippen MR) is 73.9 cm³/mol. The van der Waals surface area contributed by atoms with Crippen LogP contribution in [0.3, 0.4) is 0 Å². The molecular weight excluding hydrogens is 285 g/mol. The number of ether oxygens (including phenoxy) is 1. The highest BCUT2D eigenvalue weighted by Gasteiger charge is 2.18. The number of hydrogen-bond donors (Lipinski definition) is 1. The Morgan fingerprint density at radius 1 is 1.55 bits per heavy atom. The van der Waals surface area contributed by atoms with Gasteiger partial charge in [0.05, 0.1) is 35.0 Å². The molecule has 0 atom stereocenters. The van der Waals surface area contributed by atoms with Gasteiger partial charge in [0.1, 0.15) is 0 Å². The molecule has 2 aromatic rings. The summed E-state index contributed by atoms with van der Waals surface area (Å²) in [6, 6.07) is 2.14. The van der Waals surface area contributed by atoms with E-state index in [1.165, 1.54) is 24.5 Å². The summed E-state index contributed by atoms with van der Waals surface area (Å²) in [6.07, 6.45) is 0.641. The third-order valence-electron chi connectivity index (χ3n) is 2.65. The van der Waals surface area contributed by atoms with Crippen LogP contribution in [0.5, 0.6) is 5.75 Å². The minimum absolute atomic E-state index is 0.0209. The Hall–Kier alpha value is -2.22. The quantitative estimate of drug-likeness (QED) is 0.655. The van der Waals surface area contributed by atoms with Gasteiger partial charge < -0.3 is 10.1 Å². The van der Waals surface area contributed by atoms with Crippen LogP contribution in [-0.2, 0) is 6.42 Å². The number of benzene rings is 1. The molecule has 0 saturated heterocycles. The number of thiazole rings is 1. The average Bonchev–Trinajstić information content (AvgIpc) is 2.93. The number of methoxy groups -OCH3 is 1. The lowest BCUT2D eigenvalue weighted by molar-refractivity contribution is -0.385. The summed E-state index contributed by atoms with van der Waals surface area (Å²) < 4.78 is 18.7. The predicted octanol–water partition coefficient (Wildman–Crippen LogP) is 2.85. The van der Waals surface area contributed by atoms with Crippen LogP contribution in [0.4, 0.5) is 15.8 Å². The van der Waals surface area contributed by atoms with Crippen molar-refractivity contribution in [3.8, 4) is 5.75 Å². The van der Waals surface area contributed by atoms with Gasteiger partial charge in [-0.2, -0.15) is 0 Å². The number of nitro groups is 1. The standard InChI is InChI=1S/C12H12FN3O3S/c1-19-12-5-10(9(13)4-11(12)16(17)18)14-3-2-8-6-20-7-15-8/h4-7,14H,2-3H2,1H3. The summed E-state index contributed by atoms with van der Waals surface area (Å²) in [6.45, 7) is 0.474. The van der Waals surface area contributed by atoms with E-state index in [2.05, 4.69) is 10.3 Å². The van der Waals surface area contributed by atoms with E-state index in [0.29, 0.717) is 13.0 Å². The number of rotatable bonds is 6. The first-order valence-electron chi connectivity index (χ1n) is 5.74. The Bertz CT molecular complexity index is 604. The molecule has 0 unspecified atom stereocenters. The van der Waals surface area contributed by atoms with Crippen molar-refractivity contribution in [1.29, 1.82) is 0 Å². The van der Waals surface area contributed by atoms with Crippen molar-refractivity contribution in [1.82, 2.24) is 4.98 Å². The van der Waals surface area contributed by atoms with Gasteiger partial charge in [0, 0.05) is 24.4 Å². The second-order valence-corrected chi connectivity index (χ2v) is 4.64. The number of anilines is 1. The normalized spacial score (nSPS) is 10.3. The third-order valence-corrected chi connectivity index (χ3v) is 3.28. The summed E-state index contributed by atoms with van der Waals surface area (Å²) in [5.74, 6) is -0.664. The van der Waals surface area contributed by atoms with E-state index in [1.807, 2.05) is 5.38 Å². The highest BCUT2D eigenvalue weighted by molar-refractivity contribution is 7.07. The summed E-state index contributed by atoms with van der Waals surface area (Å²) in [7, 11) is 1.30. The molecule has 1 aromatic carbocycles. The van der Waals surface area contributed by atoms with Crippen LogP contribution < -0.4 is 10.1 Å². The van der Waals surface area contributed by atoms with E-state index in [-0.39, 0.29) is 11.4 Å². The van der Waals surface area contributed by atoms with Crippen LogP contribution in [0.25, 0.3) is 0 Å². The molecule has 0 spiro atoms. The molecule has 1 heterocycles. The van der Waals surface area contributed by atoms with Gasteiger partial charge >= 0.3 is 5.69 Å². The van der Waals surface area contributed by atoms with Crippen LogP contribution in [-0.4, -0.2) is 23.6 Å². The van der Waals surface area contributed by atoms with Crippen LogP contribution in [0, 0.1) is 15.9 Å². The fraction of sp³-hybridized carbons (Fsp3) is 0.250. The SMILES string of the molecule is COc1cc(NCCc2cscn2)c(F)cc1[N+](=O)[O-]. The summed E-state index contributed by atoms with van der Waals surface area (Å²) in [5.41, 5.74) is 2.42. The molecule has 0 aliphatic carbocycles. The van der Waals surface area contributed by atoms with Crippen molar-refractivity contribution in [3.63, 3.8) is 0 Å². The number of aromatic nitrogens is 1. The minimum atomic E-state index is -0.684. The third kappa shape index (κ3) is 3.21. The second kappa shape index (κ2) is 6.29. The lowest BCUT2D eigenvalue weighted by Gasteiger charge is -2.09. The van der Waals surface area contributed by atoms with Gasteiger partial charge in [-0.05, 0) is 0 Å². The van der Waals surface area contributed by atoms with Gasteiger partial charge in [0.2, 0.25) is 0 Å². The van der Waals surface area contributed by atoms with Gasteiger partial charge in [0.25, 0.3) is 0 Å². The molecule has 0 bridgehead atoms. The number of nitrogens with zero attached hydrogens (tertiary/aromatic N) is 2. The van der Waals surface area contributed by atoms with Crippen LogP contribution >= 0.6 is 11.3 Å². The first kappa shape index (κ1) is 14.2. The molecule has 1 aromatic heterocycles. The molecule has 0 fully saturated rings. The topological polar surface area (TPSA) is 77.3 Å². The number of nitro benzene ring substituents is 1. The summed E-state index contributed by atoms with van der Waals surface area (Å²) >= 11 is 1.49. The van der Waals surface area contributed by atoms with Crippen LogP contribution in [0.1, 0.15) is 5.69 Å². The van der Waals surface area contributed by atoms with E-state index in [4.69, 9.17) is 4.74 Å². The lowest BCUT2D eigenvalue weighted by atomic mass is 10.2. The Labute approximate surface area is 118 Å². The summed E-state index contributed by atoms with van der Waals surface area (Å²) in [5, 5.41) is 15.5. The largest absolute Gasteiger partial charge is 0.490 e. The number of hydrogen-bond acceptors (Lipinski definition) is 6. The van der Waals surface area contributed by atoms with Crippen molar-refractivity contribution in [2.24, 2.45) is 0 Å². The fourth-order valence-corrected chi connectivity index (χ4v) is 2.26. The van der Waals surface area contributed by atoms with Crippen molar-refractivity contribution in [2.45, 2.75) is 6.42 Å². The molecular formula is C12H12FN3O3S. The molecule has 0 aliphatic rings. The monoisotopic (exact) mass is 297 g/mol. The van der Waals surface area contributed by atoms with E-state index >= 15 is 0 Å². The van der Waals surface area contributed by atoms with Crippen molar-refractivity contribution in [2.75, 3.05) is 19.0 Å². The molecule has 8 heteroatoms. The van der Waals surface area contributed by atoms with Crippen molar-refractivity contribution < 1.29 is 14.1 Å². The Morgan fingerprint density at radius 3 is 2.95 bits per heavy atom. The molecule has 6 nitrogen and oxygen atoms in total. The zero-order valence-corrected chi connectivity index (χ0v) is 11.4. The second-order valence-electron chi connectivity index (χ2n) is 3.92. The molecule has 0 saturated carbocycles. The lowest BCUT2D eigenvalue weighted by Crippen LogP contribution is -2.07. The molecule has 1 N–H and O–H groups in total. The van der Waals surface area contributed by atoms with Gasteiger partial charge in [-0.3, -0.25) is 10.1 Å². The smallest absolute Gasteiger partial charge is 0.313 e. The molecule has 20 heavy (non-hydrogen) atoms. The maximum atomic E-state index is 13.8. The van der Waals surface area contributed by atoms with Crippen molar-refractivity contribution >= 4 is 22.7 Å². The summed E-state index contributed by atoms with van der Waals surface area (Å²) in [4.78, 5) is 14.2. The van der Waals surface area contributed by atoms with Crippen LogP contribution in [0.2, 0.25) is 0 Å². The van der Waals surface area contributed by atoms with Crippen LogP contribution in [0.15, 0.2) is 23.0 Å². The number of nitrogens with one attached hydrogen (secondary N) is 1. The van der Waals surface area contributed by atoms with Gasteiger partial charge in [0.15, 0.2) is 11.6 Å². The highest BCUT2D eigenvalue weighted by Crippen LogP contribution is 2.32. The maximum absolute atomic E-state index is 13.8. The fourth-order valence-electron chi connectivity index (χ4n) is 1.67. The minimum Gasteiger partial charge on any atom is -0.490 e. The molecule has 0 amide bonds. The average molecular weight is 297 g/mol. The van der Waals surface area contributed by atoms with E-state index in [1.54, 1.807) is 5.51 Å². The Balaban J connectivity index is 2.09. The zero-order valence-electron chi connectivity index (χ0n) is 10.6. The van der Waals surface area contributed by atoms with Gasteiger partial charge in [-0.15, -0.1) is 11.3 Å². The van der Waals surface area contributed by atoms with E-state index in [0.717, 1.165) is 11.8 Å².